The Morgan fingerprint density at radius 2 is 1.87 bits per heavy atom. The summed E-state index contributed by atoms with van der Waals surface area (Å²) in [5.74, 6) is 4.63. The summed E-state index contributed by atoms with van der Waals surface area (Å²) in [5, 5.41) is 11.8. The molecule has 1 aliphatic heterocycles. The number of aromatic nitrogens is 3. The lowest BCUT2D eigenvalue weighted by Crippen LogP contribution is -2.40. The van der Waals surface area contributed by atoms with Crippen molar-refractivity contribution in [2.24, 2.45) is 23.9 Å². The summed E-state index contributed by atoms with van der Waals surface area (Å²) < 4.78 is 2.01. The number of nitrogens with one attached hydrogen (secondary N) is 1. The highest BCUT2D eigenvalue weighted by Gasteiger charge is 2.35. The minimum absolute atomic E-state index is 0. The molecule has 1 aliphatic carbocycles. The van der Waals surface area contributed by atoms with E-state index in [2.05, 4.69) is 27.3 Å². The van der Waals surface area contributed by atoms with Crippen molar-refractivity contribution >= 4 is 29.9 Å². The highest BCUT2D eigenvalue weighted by Crippen LogP contribution is 2.35. The van der Waals surface area contributed by atoms with Crippen LogP contribution < -0.4 is 5.32 Å². The fourth-order valence-electron chi connectivity index (χ4n) is 3.74. The van der Waals surface area contributed by atoms with Crippen LogP contribution in [0.1, 0.15) is 44.3 Å². The molecular weight excluding hydrogens is 403 g/mol. The minimum Gasteiger partial charge on any atom is -0.357 e. The van der Waals surface area contributed by atoms with Crippen LogP contribution in [0.25, 0.3) is 0 Å². The average Bonchev–Trinajstić information content (AvgIpc) is 3.09. The molecule has 7 heteroatoms. The van der Waals surface area contributed by atoms with Crippen LogP contribution in [0.15, 0.2) is 4.99 Å². The molecule has 2 aliphatic rings. The van der Waals surface area contributed by atoms with Crippen LogP contribution in [0.5, 0.6) is 0 Å². The van der Waals surface area contributed by atoms with Gasteiger partial charge in [-0.1, -0.05) is 12.8 Å². The second kappa shape index (κ2) is 8.30. The van der Waals surface area contributed by atoms with E-state index in [1.54, 1.807) is 0 Å². The van der Waals surface area contributed by atoms with Crippen molar-refractivity contribution in [1.29, 1.82) is 0 Å². The van der Waals surface area contributed by atoms with E-state index in [1.165, 1.54) is 25.7 Å². The summed E-state index contributed by atoms with van der Waals surface area (Å²) in [7, 11) is 2.00. The zero-order valence-corrected chi connectivity index (χ0v) is 16.8. The number of guanidine groups is 1. The number of fused-ring (bicyclic) bond motifs is 1. The molecule has 1 saturated carbocycles. The molecule has 130 valence electrons. The summed E-state index contributed by atoms with van der Waals surface area (Å²) in [6, 6.07) is 0. The molecule has 1 saturated heterocycles. The second-order valence-electron chi connectivity index (χ2n) is 6.60. The Kier molecular flexibility index (Phi) is 6.67. The summed E-state index contributed by atoms with van der Waals surface area (Å²) in [6.45, 7) is 7.92. The van der Waals surface area contributed by atoms with Crippen molar-refractivity contribution in [3.8, 4) is 0 Å². The number of rotatable bonds is 3. The van der Waals surface area contributed by atoms with Crippen LogP contribution in [0.4, 0.5) is 0 Å². The van der Waals surface area contributed by atoms with E-state index in [0.717, 1.165) is 49.1 Å². The van der Waals surface area contributed by atoms with Crippen LogP contribution >= 0.6 is 24.0 Å². The van der Waals surface area contributed by atoms with Crippen LogP contribution in [0, 0.1) is 18.8 Å². The third-order valence-corrected chi connectivity index (χ3v) is 5.16. The molecule has 0 spiro atoms. The molecule has 2 heterocycles. The van der Waals surface area contributed by atoms with E-state index in [1.807, 2.05) is 18.5 Å². The van der Waals surface area contributed by atoms with Gasteiger partial charge >= 0.3 is 0 Å². The Bertz CT molecular complexity index is 527. The fraction of sp³-hybridized carbons (Fsp3) is 0.812. The van der Waals surface area contributed by atoms with E-state index in [0.29, 0.717) is 6.54 Å². The molecule has 2 atom stereocenters. The molecule has 23 heavy (non-hydrogen) atoms. The van der Waals surface area contributed by atoms with E-state index < -0.39 is 0 Å². The molecule has 6 nitrogen and oxygen atoms in total. The summed E-state index contributed by atoms with van der Waals surface area (Å²) in [4.78, 5) is 7.26. The zero-order chi connectivity index (χ0) is 15.5. The monoisotopic (exact) mass is 432 g/mol. The first-order valence-corrected chi connectivity index (χ1v) is 8.57. The fourth-order valence-corrected chi connectivity index (χ4v) is 3.74. The standard InChI is InChI=1S/C16H28N6.HI/c1-4-17-16(18-9-15-20-19-12(2)21(15)3)22-10-13-7-5-6-8-14(13)11-22;/h13-14H,4-11H2,1-3H3,(H,17,18);1H. The quantitative estimate of drug-likeness (QED) is 0.453. The molecule has 1 N–H and O–H groups in total. The van der Waals surface area contributed by atoms with E-state index in [9.17, 15) is 0 Å². The Balaban J connectivity index is 0.00000192. The molecule has 1 aromatic rings. The van der Waals surface area contributed by atoms with Gasteiger partial charge in [0, 0.05) is 26.7 Å². The first-order valence-electron chi connectivity index (χ1n) is 8.57. The van der Waals surface area contributed by atoms with Crippen LogP contribution in [-0.4, -0.2) is 45.3 Å². The lowest BCUT2D eigenvalue weighted by molar-refractivity contribution is 0.299. The van der Waals surface area contributed by atoms with Gasteiger partial charge in [-0.15, -0.1) is 34.2 Å². The molecule has 3 rings (SSSR count). The molecule has 2 fully saturated rings. The second-order valence-corrected chi connectivity index (χ2v) is 6.60. The molecule has 2 unspecified atom stereocenters. The van der Waals surface area contributed by atoms with E-state index in [-0.39, 0.29) is 24.0 Å². The Morgan fingerprint density at radius 3 is 2.39 bits per heavy atom. The van der Waals surface area contributed by atoms with Gasteiger partial charge in [0.2, 0.25) is 0 Å². The van der Waals surface area contributed by atoms with Crippen LogP contribution in [0.2, 0.25) is 0 Å². The number of nitrogens with zero attached hydrogens (tertiary/aromatic N) is 5. The van der Waals surface area contributed by atoms with Crippen molar-refractivity contribution < 1.29 is 0 Å². The molecular formula is C16H29IN6. The Hall–Kier alpha value is -0.860. The third-order valence-electron chi connectivity index (χ3n) is 5.16. The van der Waals surface area contributed by atoms with Crippen molar-refractivity contribution in [3.05, 3.63) is 11.6 Å². The normalized spacial score (nSPS) is 24.3. The summed E-state index contributed by atoms with van der Waals surface area (Å²) in [5.41, 5.74) is 0. The predicted octanol–water partition coefficient (Wildman–Crippen LogP) is 2.33. The maximum Gasteiger partial charge on any atom is 0.194 e. The van der Waals surface area contributed by atoms with Crippen molar-refractivity contribution in [1.82, 2.24) is 25.0 Å². The van der Waals surface area contributed by atoms with Gasteiger partial charge < -0.3 is 14.8 Å². The van der Waals surface area contributed by atoms with Crippen LogP contribution in [0.3, 0.4) is 0 Å². The number of hydrogen-bond donors (Lipinski definition) is 1. The SMILES string of the molecule is CCNC(=NCc1nnc(C)n1C)N1CC2CCCCC2C1.I. The van der Waals surface area contributed by atoms with Gasteiger partial charge in [-0.25, -0.2) is 4.99 Å². The van der Waals surface area contributed by atoms with Gasteiger partial charge in [-0.2, -0.15) is 0 Å². The van der Waals surface area contributed by atoms with Gasteiger partial charge in [0.25, 0.3) is 0 Å². The smallest absolute Gasteiger partial charge is 0.194 e. The highest BCUT2D eigenvalue weighted by atomic mass is 127. The van der Waals surface area contributed by atoms with Crippen LogP contribution in [-0.2, 0) is 13.6 Å². The summed E-state index contributed by atoms with van der Waals surface area (Å²) in [6.07, 6.45) is 5.59. The number of aryl methyl sites for hydroxylation is 1. The van der Waals surface area contributed by atoms with Crippen molar-refractivity contribution in [2.75, 3.05) is 19.6 Å². The number of likely N-dealkylation sites (tertiary alicyclic amines) is 1. The van der Waals surface area contributed by atoms with Gasteiger partial charge in [-0.05, 0) is 38.5 Å². The largest absolute Gasteiger partial charge is 0.357 e. The van der Waals surface area contributed by atoms with E-state index in [4.69, 9.17) is 4.99 Å². The molecule has 0 radical (unpaired) electrons. The average molecular weight is 432 g/mol. The molecule has 0 amide bonds. The first kappa shape index (κ1) is 18.5. The van der Waals surface area contributed by atoms with E-state index >= 15 is 0 Å². The third kappa shape index (κ3) is 4.16. The maximum absolute atomic E-state index is 4.81. The lowest BCUT2D eigenvalue weighted by atomic mass is 9.82. The molecule has 0 bridgehead atoms. The number of halogens is 1. The zero-order valence-electron chi connectivity index (χ0n) is 14.5. The number of hydrogen-bond acceptors (Lipinski definition) is 3. The van der Waals surface area contributed by atoms with Crippen molar-refractivity contribution in [3.63, 3.8) is 0 Å². The highest BCUT2D eigenvalue weighted by molar-refractivity contribution is 14.0. The maximum atomic E-state index is 4.81. The van der Waals surface area contributed by atoms with Gasteiger partial charge in [-0.3, -0.25) is 0 Å². The topological polar surface area (TPSA) is 58.3 Å². The van der Waals surface area contributed by atoms with Gasteiger partial charge in [0.1, 0.15) is 12.4 Å². The van der Waals surface area contributed by atoms with Crippen molar-refractivity contribution in [2.45, 2.75) is 46.1 Å². The minimum atomic E-state index is 0. The lowest BCUT2D eigenvalue weighted by Gasteiger charge is -2.22. The predicted molar refractivity (Wildman–Crippen MR) is 103 cm³/mol. The first-order chi connectivity index (χ1) is 10.7. The summed E-state index contributed by atoms with van der Waals surface area (Å²) >= 11 is 0. The number of aliphatic imine (C=N–C) groups is 1. The van der Waals surface area contributed by atoms with Gasteiger partial charge in [0.05, 0.1) is 0 Å². The van der Waals surface area contributed by atoms with Gasteiger partial charge in [0.15, 0.2) is 11.8 Å². The molecule has 1 aromatic heterocycles. The Morgan fingerprint density at radius 1 is 1.22 bits per heavy atom. The molecule has 0 aromatic carbocycles. The Labute approximate surface area is 156 Å².